The highest BCUT2D eigenvalue weighted by atomic mass is 79.9. The third-order valence-corrected chi connectivity index (χ3v) is 2.82. The largest absolute Gasteiger partial charge is 0.383 e. The number of thioether (sulfide) groups is 1. The van der Waals surface area contributed by atoms with Gasteiger partial charge in [-0.15, -0.1) is 0 Å². The van der Waals surface area contributed by atoms with Crippen LogP contribution in [0.3, 0.4) is 0 Å². The fraction of sp³-hybridized carbons (Fsp3) is 0.333. The standard InChI is InChI=1S/C9H11BrFNS/c1-13-5-4-12-9-3-2-7(11)6-8(9)10/h2-3,6,12H,4-5H2,1H3. The van der Waals surface area contributed by atoms with Crippen LogP contribution in [0.2, 0.25) is 0 Å². The Bertz CT molecular complexity index is 280. The van der Waals surface area contributed by atoms with Crippen molar-refractivity contribution in [1.82, 2.24) is 0 Å². The zero-order valence-electron chi connectivity index (χ0n) is 7.31. The predicted octanol–water partition coefficient (Wildman–Crippen LogP) is 3.36. The third-order valence-electron chi connectivity index (χ3n) is 1.55. The molecule has 0 saturated carbocycles. The summed E-state index contributed by atoms with van der Waals surface area (Å²) < 4.78 is 13.4. The Labute approximate surface area is 90.2 Å². The van der Waals surface area contributed by atoms with Crippen molar-refractivity contribution in [3.63, 3.8) is 0 Å². The lowest BCUT2D eigenvalue weighted by atomic mass is 10.3. The van der Waals surface area contributed by atoms with Crippen molar-refractivity contribution in [1.29, 1.82) is 0 Å². The van der Waals surface area contributed by atoms with E-state index in [0.717, 1.165) is 22.5 Å². The first-order valence-corrected chi connectivity index (χ1v) is 6.10. The van der Waals surface area contributed by atoms with Gasteiger partial charge in [-0.3, -0.25) is 0 Å². The SMILES string of the molecule is CSCCNc1ccc(F)cc1Br. The first-order valence-electron chi connectivity index (χ1n) is 3.92. The summed E-state index contributed by atoms with van der Waals surface area (Å²) in [7, 11) is 0. The second kappa shape index (κ2) is 5.50. The number of hydrogen-bond donors (Lipinski definition) is 1. The van der Waals surface area contributed by atoms with Crippen LogP contribution in [-0.2, 0) is 0 Å². The average Bonchev–Trinajstić information content (AvgIpc) is 2.09. The second-order valence-electron chi connectivity index (χ2n) is 2.54. The summed E-state index contributed by atoms with van der Waals surface area (Å²) in [5.41, 5.74) is 0.940. The monoisotopic (exact) mass is 263 g/mol. The maximum absolute atomic E-state index is 12.7. The van der Waals surface area contributed by atoms with Crippen LogP contribution in [0, 0.1) is 5.82 Å². The summed E-state index contributed by atoms with van der Waals surface area (Å²) in [4.78, 5) is 0. The highest BCUT2D eigenvalue weighted by Gasteiger charge is 1.99. The lowest BCUT2D eigenvalue weighted by Crippen LogP contribution is -2.04. The maximum Gasteiger partial charge on any atom is 0.124 e. The summed E-state index contributed by atoms with van der Waals surface area (Å²) in [6.07, 6.45) is 2.06. The Morgan fingerprint density at radius 1 is 1.54 bits per heavy atom. The first kappa shape index (κ1) is 10.9. The first-order chi connectivity index (χ1) is 6.24. The molecule has 1 aromatic carbocycles. The van der Waals surface area contributed by atoms with Crippen LogP contribution in [0.4, 0.5) is 10.1 Å². The molecule has 0 bridgehead atoms. The molecule has 0 aromatic heterocycles. The molecule has 13 heavy (non-hydrogen) atoms. The van der Waals surface area contributed by atoms with Gasteiger partial charge in [-0.05, 0) is 40.4 Å². The van der Waals surface area contributed by atoms with Crippen LogP contribution in [0.15, 0.2) is 22.7 Å². The molecule has 0 heterocycles. The van der Waals surface area contributed by atoms with E-state index in [2.05, 4.69) is 27.5 Å². The van der Waals surface area contributed by atoms with E-state index in [1.807, 2.05) is 0 Å². The number of benzene rings is 1. The lowest BCUT2D eigenvalue weighted by Gasteiger charge is -2.07. The molecule has 1 aromatic rings. The van der Waals surface area contributed by atoms with Crippen molar-refractivity contribution in [2.75, 3.05) is 23.9 Å². The Kier molecular flexibility index (Phi) is 4.59. The van der Waals surface area contributed by atoms with Gasteiger partial charge in [0.1, 0.15) is 5.82 Å². The summed E-state index contributed by atoms with van der Waals surface area (Å²) >= 11 is 5.07. The molecule has 1 nitrogen and oxygen atoms in total. The van der Waals surface area contributed by atoms with Gasteiger partial charge < -0.3 is 5.32 Å². The van der Waals surface area contributed by atoms with Gasteiger partial charge in [0.25, 0.3) is 0 Å². The topological polar surface area (TPSA) is 12.0 Å². The molecular weight excluding hydrogens is 253 g/mol. The Balaban J connectivity index is 2.56. The zero-order chi connectivity index (χ0) is 9.68. The minimum atomic E-state index is -0.220. The van der Waals surface area contributed by atoms with Gasteiger partial charge in [0.05, 0.1) is 0 Å². The van der Waals surface area contributed by atoms with Gasteiger partial charge in [0.2, 0.25) is 0 Å². The van der Waals surface area contributed by atoms with Gasteiger partial charge in [-0.25, -0.2) is 4.39 Å². The van der Waals surface area contributed by atoms with Crippen LogP contribution >= 0.6 is 27.7 Å². The van der Waals surface area contributed by atoms with Crippen LogP contribution in [0.1, 0.15) is 0 Å². The van der Waals surface area contributed by atoms with Gasteiger partial charge in [-0.2, -0.15) is 11.8 Å². The van der Waals surface area contributed by atoms with Gasteiger partial charge in [-0.1, -0.05) is 0 Å². The lowest BCUT2D eigenvalue weighted by molar-refractivity contribution is 0.627. The molecular formula is C9H11BrFNS. The summed E-state index contributed by atoms with van der Waals surface area (Å²) in [5.74, 6) is 0.825. The van der Waals surface area contributed by atoms with Crippen molar-refractivity contribution in [3.8, 4) is 0 Å². The number of halogens is 2. The van der Waals surface area contributed by atoms with Crippen LogP contribution in [-0.4, -0.2) is 18.6 Å². The van der Waals surface area contributed by atoms with E-state index in [0.29, 0.717) is 0 Å². The molecule has 0 unspecified atom stereocenters. The van der Waals surface area contributed by atoms with E-state index < -0.39 is 0 Å². The van der Waals surface area contributed by atoms with Gasteiger partial charge in [0.15, 0.2) is 0 Å². The van der Waals surface area contributed by atoms with E-state index in [9.17, 15) is 4.39 Å². The van der Waals surface area contributed by atoms with Gasteiger partial charge in [0, 0.05) is 22.5 Å². The van der Waals surface area contributed by atoms with E-state index in [4.69, 9.17) is 0 Å². The van der Waals surface area contributed by atoms with Crippen molar-refractivity contribution >= 4 is 33.4 Å². The van der Waals surface area contributed by atoms with Crippen molar-refractivity contribution < 1.29 is 4.39 Å². The molecule has 0 amide bonds. The molecule has 4 heteroatoms. The van der Waals surface area contributed by atoms with Gasteiger partial charge >= 0.3 is 0 Å². The summed E-state index contributed by atoms with van der Waals surface area (Å²) in [6.45, 7) is 0.894. The van der Waals surface area contributed by atoms with Crippen LogP contribution < -0.4 is 5.32 Å². The molecule has 0 fully saturated rings. The van der Waals surface area contributed by atoms with E-state index in [1.165, 1.54) is 12.1 Å². The Hall–Kier alpha value is -0.220. The highest BCUT2D eigenvalue weighted by molar-refractivity contribution is 9.10. The summed E-state index contributed by atoms with van der Waals surface area (Å²) in [5, 5.41) is 3.21. The number of anilines is 1. The zero-order valence-corrected chi connectivity index (χ0v) is 9.71. The quantitative estimate of drug-likeness (QED) is 0.837. The Morgan fingerprint density at radius 3 is 2.92 bits per heavy atom. The number of nitrogens with one attached hydrogen (secondary N) is 1. The minimum absolute atomic E-state index is 0.220. The molecule has 0 saturated heterocycles. The summed E-state index contributed by atoms with van der Waals surface area (Å²) in [6, 6.07) is 4.65. The molecule has 0 spiro atoms. The van der Waals surface area contributed by atoms with Crippen molar-refractivity contribution in [3.05, 3.63) is 28.5 Å². The Morgan fingerprint density at radius 2 is 2.31 bits per heavy atom. The molecule has 1 rings (SSSR count). The predicted molar refractivity (Wildman–Crippen MR) is 61.0 cm³/mol. The molecule has 0 aliphatic heterocycles. The van der Waals surface area contributed by atoms with Crippen LogP contribution in [0.25, 0.3) is 0 Å². The molecule has 0 aliphatic carbocycles. The van der Waals surface area contributed by atoms with Crippen LogP contribution in [0.5, 0.6) is 0 Å². The molecule has 0 aliphatic rings. The van der Waals surface area contributed by atoms with Crippen molar-refractivity contribution in [2.24, 2.45) is 0 Å². The molecule has 0 atom stereocenters. The average molecular weight is 264 g/mol. The normalized spacial score (nSPS) is 10.1. The molecule has 0 radical (unpaired) electrons. The minimum Gasteiger partial charge on any atom is -0.383 e. The van der Waals surface area contributed by atoms with Crippen molar-refractivity contribution in [2.45, 2.75) is 0 Å². The number of hydrogen-bond acceptors (Lipinski definition) is 2. The van der Waals surface area contributed by atoms with E-state index in [1.54, 1.807) is 17.8 Å². The third kappa shape index (κ3) is 3.56. The molecule has 72 valence electrons. The smallest absolute Gasteiger partial charge is 0.124 e. The number of rotatable bonds is 4. The fourth-order valence-electron chi connectivity index (χ4n) is 0.921. The van der Waals surface area contributed by atoms with E-state index in [-0.39, 0.29) is 5.82 Å². The molecule has 1 N–H and O–H groups in total. The highest BCUT2D eigenvalue weighted by Crippen LogP contribution is 2.22. The maximum atomic E-state index is 12.7. The second-order valence-corrected chi connectivity index (χ2v) is 4.38. The van der Waals surface area contributed by atoms with E-state index >= 15 is 0 Å². The fourth-order valence-corrected chi connectivity index (χ4v) is 1.72.